The highest BCUT2D eigenvalue weighted by Gasteiger charge is 2.20. The van der Waals surface area contributed by atoms with Crippen LogP contribution in [0.4, 0.5) is 5.82 Å². The van der Waals surface area contributed by atoms with Crippen molar-refractivity contribution in [3.05, 3.63) is 30.0 Å². The maximum absolute atomic E-state index is 5.19. The van der Waals surface area contributed by atoms with Gasteiger partial charge >= 0.3 is 0 Å². The molecule has 1 saturated heterocycles. The monoisotopic (exact) mass is 298 g/mol. The van der Waals surface area contributed by atoms with E-state index >= 15 is 0 Å². The van der Waals surface area contributed by atoms with Crippen LogP contribution < -0.4 is 9.64 Å². The first-order chi connectivity index (χ1) is 10.7. The van der Waals surface area contributed by atoms with E-state index < -0.39 is 0 Å². The minimum absolute atomic E-state index is 0.668. The Morgan fingerprint density at radius 2 is 1.77 bits per heavy atom. The van der Waals surface area contributed by atoms with Crippen molar-refractivity contribution in [1.29, 1.82) is 0 Å². The molecule has 1 aromatic carbocycles. The predicted octanol–water partition coefficient (Wildman–Crippen LogP) is 3.09. The first-order valence-corrected chi connectivity index (χ1v) is 7.78. The Kier molecular flexibility index (Phi) is 4.22. The van der Waals surface area contributed by atoms with Crippen LogP contribution in [0.2, 0.25) is 0 Å². The molecule has 1 aliphatic rings. The average molecular weight is 298 g/mol. The maximum atomic E-state index is 5.19. The van der Waals surface area contributed by atoms with Gasteiger partial charge in [-0.15, -0.1) is 10.2 Å². The van der Waals surface area contributed by atoms with Gasteiger partial charge in [0.15, 0.2) is 11.6 Å². The lowest BCUT2D eigenvalue weighted by Crippen LogP contribution is -2.34. The molecule has 3 rings (SSSR count). The number of hydrogen-bond acceptors (Lipinski definition) is 5. The molecule has 0 bridgehead atoms. The molecule has 116 valence electrons. The fourth-order valence-corrected chi connectivity index (χ4v) is 2.75. The van der Waals surface area contributed by atoms with Gasteiger partial charge in [-0.25, -0.2) is 4.98 Å². The van der Waals surface area contributed by atoms with Gasteiger partial charge in [0.25, 0.3) is 0 Å². The summed E-state index contributed by atoms with van der Waals surface area (Å²) in [7, 11) is 1.66. The Hall–Kier alpha value is -2.17. The maximum Gasteiger partial charge on any atom is 0.183 e. The van der Waals surface area contributed by atoms with Gasteiger partial charge < -0.3 is 9.64 Å². The number of anilines is 1. The standard InChI is InChI=1S/C17H22N4O/c1-12-8-10-21(11-9-12)17-13(2)19-20-16(18-17)14-4-6-15(22-3)7-5-14/h4-7,12H,8-11H2,1-3H3. The number of hydrogen-bond donors (Lipinski definition) is 0. The second kappa shape index (κ2) is 6.30. The minimum Gasteiger partial charge on any atom is -0.497 e. The van der Waals surface area contributed by atoms with Crippen molar-refractivity contribution in [3.8, 4) is 17.1 Å². The van der Waals surface area contributed by atoms with Crippen LogP contribution in [0.15, 0.2) is 24.3 Å². The van der Waals surface area contributed by atoms with E-state index in [2.05, 4.69) is 22.0 Å². The fourth-order valence-electron chi connectivity index (χ4n) is 2.75. The van der Waals surface area contributed by atoms with E-state index in [4.69, 9.17) is 9.72 Å². The van der Waals surface area contributed by atoms with Crippen LogP contribution in [-0.2, 0) is 0 Å². The summed E-state index contributed by atoms with van der Waals surface area (Å²) in [6.45, 7) is 6.38. The molecule has 1 aliphatic heterocycles. The van der Waals surface area contributed by atoms with E-state index in [0.29, 0.717) is 5.82 Å². The van der Waals surface area contributed by atoms with Crippen LogP contribution >= 0.6 is 0 Å². The van der Waals surface area contributed by atoms with Gasteiger partial charge in [-0.2, -0.15) is 0 Å². The van der Waals surface area contributed by atoms with Crippen LogP contribution in [0.3, 0.4) is 0 Å². The molecule has 2 aromatic rings. The van der Waals surface area contributed by atoms with Crippen LogP contribution in [-0.4, -0.2) is 35.4 Å². The van der Waals surface area contributed by atoms with Gasteiger partial charge in [-0.1, -0.05) is 6.92 Å². The molecule has 0 spiro atoms. The Bertz CT molecular complexity index is 634. The van der Waals surface area contributed by atoms with E-state index in [1.165, 1.54) is 12.8 Å². The second-order valence-electron chi connectivity index (χ2n) is 5.94. The Morgan fingerprint density at radius 3 is 2.41 bits per heavy atom. The number of rotatable bonds is 3. The summed E-state index contributed by atoms with van der Waals surface area (Å²) in [5.74, 6) is 3.26. The molecule has 0 N–H and O–H groups in total. The first-order valence-electron chi connectivity index (χ1n) is 7.78. The summed E-state index contributed by atoms with van der Waals surface area (Å²) >= 11 is 0. The molecule has 0 radical (unpaired) electrons. The summed E-state index contributed by atoms with van der Waals surface area (Å²) in [6, 6.07) is 7.77. The number of ether oxygens (including phenoxy) is 1. The summed E-state index contributed by atoms with van der Waals surface area (Å²) in [5.41, 5.74) is 1.85. The van der Waals surface area contributed by atoms with Gasteiger partial charge in [-0.3, -0.25) is 0 Å². The molecule has 1 fully saturated rings. The van der Waals surface area contributed by atoms with E-state index in [9.17, 15) is 0 Å². The van der Waals surface area contributed by atoms with Crippen molar-refractivity contribution in [2.24, 2.45) is 5.92 Å². The lowest BCUT2D eigenvalue weighted by molar-refractivity contribution is 0.415. The highest BCUT2D eigenvalue weighted by atomic mass is 16.5. The number of benzene rings is 1. The molecule has 0 atom stereocenters. The number of aryl methyl sites for hydroxylation is 1. The van der Waals surface area contributed by atoms with Crippen LogP contribution in [0.5, 0.6) is 5.75 Å². The molecule has 2 heterocycles. The molecule has 5 nitrogen and oxygen atoms in total. The zero-order chi connectivity index (χ0) is 15.5. The highest BCUT2D eigenvalue weighted by Crippen LogP contribution is 2.25. The number of piperidine rings is 1. The van der Waals surface area contributed by atoms with Gasteiger partial charge in [0.2, 0.25) is 0 Å². The quantitative estimate of drug-likeness (QED) is 0.871. The summed E-state index contributed by atoms with van der Waals surface area (Å²) in [6.07, 6.45) is 2.42. The van der Waals surface area contributed by atoms with E-state index in [-0.39, 0.29) is 0 Å². The zero-order valence-electron chi connectivity index (χ0n) is 13.4. The van der Waals surface area contributed by atoms with Crippen molar-refractivity contribution in [3.63, 3.8) is 0 Å². The fraction of sp³-hybridized carbons (Fsp3) is 0.471. The van der Waals surface area contributed by atoms with Crippen LogP contribution in [0, 0.1) is 12.8 Å². The molecule has 1 aromatic heterocycles. The minimum atomic E-state index is 0.668. The molecule has 0 saturated carbocycles. The van der Waals surface area contributed by atoms with Crippen molar-refractivity contribution in [2.45, 2.75) is 26.7 Å². The van der Waals surface area contributed by atoms with E-state index in [1.54, 1.807) is 7.11 Å². The largest absolute Gasteiger partial charge is 0.497 e. The molecule has 5 heteroatoms. The van der Waals surface area contributed by atoms with Crippen molar-refractivity contribution < 1.29 is 4.74 Å². The molecular weight excluding hydrogens is 276 g/mol. The van der Waals surface area contributed by atoms with Crippen molar-refractivity contribution in [1.82, 2.24) is 15.2 Å². The third-order valence-corrected chi connectivity index (χ3v) is 4.26. The van der Waals surface area contributed by atoms with Gasteiger partial charge in [-0.05, 0) is 49.9 Å². The smallest absolute Gasteiger partial charge is 0.183 e. The average Bonchev–Trinajstić information content (AvgIpc) is 2.56. The highest BCUT2D eigenvalue weighted by molar-refractivity contribution is 5.58. The Balaban J connectivity index is 1.88. The Morgan fingerprint density at radius 1 is 1.09 bits per heavy atom. The van der Waals surface area contributed by atoms with Gasteiger partial charge in [0.05, 0.1) is 7.11 Å². The molecule has 22 heavy (non-hydrogen) atoms. The molecule has 0 unspecified atom stereocenters. The third kappa shape index (κ3) is 3.03. The van der Waals surface area contributed by atoms with Crippen molar-refractivity contribution >= 4 is 5.82 Å². The van der Waals surface area contributed by atoms with Crippen LogP contribution in [0.1, 0.15) is 25.5 Å². The van der Waals surface area contributed by atoms with E-state index in [0.717, 1.165) is 41.8 Å². The number of nitrogens with zero attached hydrogens (tertiary/aromatic N) is 4. The van der Waals surface area contributed by atoms with E-state index in [1.807, 2.05) is 31.2 Å². The van der Waals surface area contributed by atoms with Crippen LogP contribution in [0.25, 0.3) is 11.4 Å². The number of methoxy groups -OCH3 is 1. The molecule has 0 aliphatic carbocycles. The third-order valence-electron chi connectivity index (χ3n) is 4.26. The summed E-state index contributed by atoms with van der Waals surface area (Å²) in [4.78, 5) is 7.09. The topological polar surface area (TPSA) is 51.1 Å². The SMILES string of the molecule is COc1ccc(-c2nnc(C)c(N3CCC(C)CC3)n2)cc1. The lowest BCUT2D eigenvalue weighted by Gasteiger charge is -2.31. The van der Waals surface area contributed by atoms with Crippen molar-refractivity contribution in [2.75, 3.05) is 25.1 Å². The van der Waals surface area contributed by atoms with Gasteiger partial charge in [0.1, 0.15) is 11.4 Å². The van der Waals surface area contributed by atoms with Gasteiger partial charge in [0, 0.05) is 18.7 Å². The Labute approximate surface area is 131 Å². The predicted molar refractivity (Wildman–Crippen MR) is 87.2 cm³/mol. The second-order valence-corrected chi connectivity index (χ2v) is 5.94. The summed E-state index contributed by atoms with van der Waals surface area (Å²) in [5, 5.41) is 8.55. The zero-order valence-corrected chi connectivity index (χ0v) is 13.4. The number of aromatic nitrogens is 3. The summed E-state index contributed by atoms with van der Waals surface area (Å²) < 4.78 is 5.19. The first kappa shape index (κ1) is 14.8. The molecular formula is C17H22N4O. The normalized spacial score (nSPS) is 15.9. The molecule has 0 amide bonds. The lowest BCUT2D eigenvalue weighted by atomic mass is 9.99.